The molecule has 8 nitrogen and oxygen atoms in total. The third-order valence-corrected chi connectivity index (χ3v) is 2.48. The first-order valence-corrected chi connectivity index (χ1v) is 5.58. The second kappa shape index (κ2) is 4.22. The maximum Gasteiger partial charge on any atom is 0.226 e. The first kappa shape index (κ1) is 10.9. The van der Waals surface area contributed by atoms with E-state index < -0.39 is 0 Å². The van der Waals surface area contributed by atoms with Crippen LogP contribution in [0, 0.1) is 6.92 Å². The fourth-order valence-corrected chi connectivity index (χ4v) is 1.73. The molecule has 3 aromatic rings. The van der Waals surface area contributed by atoms with Crippen molar-refractivity contribution in [2.45, 2.75) is 13.5 Å². The van der Waals surface area contributed by atoms with Crippen molar-refractivity contribution in [3.05, 3.63) is 23.3 Å². The normalized spacial score (nSPS) is 11.0. The lowest BCUT2D eigenvalue weighted by Crippen LogP contribution is -2.04. The molecule has 0 aromatic carbocycles. The minimum absolute atomic E-state index is 0.142. The Hall–Kier alpha value is -2.22. The summed E-state index contributed by atoms with van der Waals surface area (Å²) in [7, 11) is 0. The minimum atomic E-state index is 0.142. The number of imidazole rings is 1. The van der Waals surface area contributed by atoms with Gasteiger partial charge in [-0.25, -0.2) is 9.97 Å². The Morgan fingerprint density at radius 2 is 2.22 bits per heavy atom. The fraction of sp³-hybridized carbons (Fsp3) is 0.222. The Labute approximate surface area is 106 Å². The van der Waals surface area contributed by atoms with Crippen LogP contribution in [0.3, 0.4) is 0 Å². The number of fused-ring (bicyclic) bond motifs is 1. The highest BCUT2D eigenvalue weighted by Crippen LogP contribution is 2.18. The lowest BCUT2D eigenvalue weighted by molar-refractivity contribution is 0.946. The SMILES string of the molecule is Cc1nc(CNc2nc(Cl)nc3nc[nH]c23)n[nH]1. The van der Waals surface area contributed by atoms with E-state index in [9.17, 15) is 0 Å². The lowest BCUT2D eigenvalue weighted by atomic mass is 10.4. The number of nitrogens with one attached hydrogen (secondary N) is 3. The van der Waals surface area contributed by atoms with E-state index in [0.29, 0.717) is 29.4 Å². The molecule has 92 valence electrons. The van der Waals surface area contributed by atoms with E-state index in [1.165, 1.54) is 6.33 Å². The molecule has 0 saturated carbocycles. The molecule has 0 fully saturated rings. The van der Waals surface area contributed by atoms with Crippen LogP contribution in [0.1, 0.15) is 11.6 Å². The highest BCUT2D eigenvalue weighted by atomic mass is 35.5. The van der Waals surface area contributed by atoms with E-state index in [2.05, 4.69) is 40.4 Å². The first-order valence-electron chi connectivity index (χ1n) is 5.21. The molecule has 0 aliphatic heterocycles. The number of H-pyrrole nitrogens is 2. The number of hydrogen-bond acceptors (Lipinski definition) is 6. The van der Waals surface area contributed by atoms with Crippen molar-refractivity contribution in [2.75, 3.05) is 5.32 Å². The predicted octanol–water partition coefficient (Wildman–Crippen LogP) is 1.04. The van der Waals surface area contributed by atoms with Gasteiger partial charge in [-0.15, -0.1) is 0 Å². The molecule has 0 amide bonds. The Morgan fingerprint density at radius 1 is 1.33 bits per heavy atom. The van der Waals surface area contributed by atoms with Gasteiger partial charge in [-0.3, -0.25) is 5.10 Å². The van der Waals surface area contributed by atoms with E-state index in [0.717, 1.165) is 5.82 Å². The summed E-state index contributed by atoms with van der Waals surface area (Å²) < 4.78 is 0. The Kier molecular flexibility index (Phi) is 2.56. The third-order valence-electron chi connectivity index (χ3n) is 2.32. The summed E-state index contributed by atoms with van der Waals surface area (Å²) in [4.78, 5) is 19.3. The third kappa shape index (κ3) is 1.97. The number of aromatic amines is 2. The van der Waals surface area contributed by atoms with Crippen LogP contribution in [0.15, 0.2) is 6.33 Å². The molecule has 3 rings (SSSR count). The summed E-state index contributed by atoms with van der Waals surface area (Å²) in [5.41, 5.74) is 1.22. The molecule has 0 bridgehead atoms. The van der Waals surface area contributed by atoms with Crippen LogP contribution >= 0.6 is 11.6 Å². The first-order chi connectivity index (χ1) is 8.72. The zero-order valence-electron chi connectivity index (χ0n) is 9.40. The molecule has 0 saturated heterocycles. The standard InChI is InChI=1S/C9H9ClN8/c1-4-14-5(18-17-4)2-11-7-6-8(13-3-12-6)16-9(10)15-7/h3H,2H2,1H3,(H,14,17,18)(H2,11,12,13,15,16). The average molecular weight is 265 g/mol. The van der Waals surface area contributed by atoms with Crippen molar-refractivity contribution < 1.29 is 0 Å². The van der Waals surface area contributed by atoms with Crippen LogP contribution in [0.25, 0.3) is 11.2 Å². The van der Waals surface area contributed by atoms with Crippen LogP contribution in [0.5, 0.6) is 0 Å². The fourth-order valence-electron chi connectivity index (χ4n) is 1.57. The molecule has 3 heterocycles. The van der Waals surface area contributed by atoms with Crippen molar-refractivity contribution in [2.24, 2.45) is 0 Å². The monoisotopic (exact) mass is 264 g/mol. The highest BCUT2D eigenvalue weighted by Gasteiger charge is 2.09. The van der Waals surface area contributed by atoms with Crippen molar-refractivity contribution in [3.8, 4) is 0 Å². The zero-order chi connectivity index (χ0) is 12.5. The molecule has 0 radical (unpaired) electrons. The van der Waals surface area contributed by atoms with Crippen LogP contribution in [-0.2, 0) is 6.54 Å². The molecule has 3 N–H and O–H groups in total. The van der Waals surface area contributed by atoms with Gasteiger partial charge < -0.3 is 10.3 Å². The van der Waals surface area contributed by atoms with Gasteiger partial charge in [0.15, 0.2) is 17.3 Å². The largest absolute Gasteiger partial charge is 0.361 e. The van der Waals surface area contributed by atoms with Gasteiger partial charge in [-0.1, -0.05) is 0 Å². The summed E-state index contributed by atoms with van der Waals surface area (Å²) in [6, 6.07) is 0. The van der Waals surface area contributed by atoms with E-state index in [-0.39, 0.29) is 5.28 Å². The van der Waals surface area contributed by atoms with E-state index in [1.54, 1.807) is 0 Å². The second-order valence-electron chi connectivity index (χ2n) is 3.63. The Morgan fingerprint density at radius 3 is 3.00 bits per heavy atom. The smallest absolute Gasteiger partial charge is 0.226 e. The molecule has 0 spiro atoms. The molecule has 0 aliphatic carbocycles. The molecule has 18 heavy (non-hydrogen) atoms. The summed E-state index contributed by atoms with van der Waals surface area (Å²) in [5.74, 6) is 1.99. The number of anilines is 1. The molecule has 0 unspecified atom stereocenters. The van der Waals surface area contributed by atoms with Crippen molar-refractivity contribution in [3.63, 3.8) is 0 Å². The van der Waals surface area contributed by atoms with Gasteiger partial charge in [0.05, 0.1) is 12.9 Å². The lowest BCUT2D eigenvalue weighted by Gasteiger charge is -2.03. The van der Waals surface area contributed by atoms with Crippen molar-refractivity contribution in [1.29, 1.82) is 0 Å². The number of rotatable bonds is 3. The highest BCUT2D eigenvalue weighted by molar-refractivity contribution is 6.28. The van der Waals surface area contributed by atoms with Crippen LogP contribution in [0.4, 0.5) is 5.82 Å². The molecule has 9 heteroatoms. The van der Waals surface area contributed by atoms with E-state index >= 15 is 0 Å². The molecular weight excluding hydrogens is 256 g/mol. The maximum absolute atomic E-state index is 5.81. The van der Waals surface area contributed by atoms with Crippen LogP contribution < -0.4 is 5.32 Å². The van der Waals surface area contributed by atoms with Gasteiger partial charge in [-0.2, -0.15) is 15.1 Å². The van der Waals surface area contributed by atoms with E-state index in [4.69, 9.17) is 11.6 Å². The molecule has 3 aromatic heterocycles. The molecule has 0 aliphatic rings. The zero-order valence-corrected chi connectivity index (χ0v) is 10.2. The maximum atomic E-state index is 5.81. The second-order valence-corrected chi connectivity index (χ2v) is 3.97. The number of aryl methyl sites for hydroxylation is 1. The number of hydrogen-bond donors (Lipinski definition) is 3. The van der Waals surface area contributed by atoms with Gasteiger partial charge in [0, 0.05) is 0 Å². The number of halogens is 1. The van der Waals surface area contributed by atoms with Crippen molar-refractivity contribution in [1.82, 2.24) is 35.1 Å². The molecular formula is C9H9ClN8. The molecule has 0 atom stereocenters. The summed E-state index contributed by atoms with van der Waals surface area (Å²) >= 11 is 5.81. The quantitative estimate of drug-likeness (QED) is 0.610. The van der Waals surface area contributed by atoms with Gasteiger partial charge in [0.25, 0.3) is 0 Å². The van der Waals surface area contributed by atoms with Gasteiger partial charge >= 0.3 is 0 Å². The Balaban J connectivity index is 1.87. The predicted molar refractivity (Wildman–Crippen MR) is 65.1 cm³/mol. The van der Waals surface area contributed by atoms with Gasteiger partial charge in [0.2, 0.25) is 5.28 Å². The van der Waals surface area contributed by atoms with Crippen LogP contribution in [0.2, 0.25) is 5.28 Å². The topological polar surface area (TPSA) is 108 Å². The summed E-state index contributed by atoms with van der Waals surface area (Å²) in [6.07, 6.45) is 1.54. The van der Waals surface area contributed by atoms with Crippen molar-refractivity contribution >= 4 is 28.6 Å². The number of aromatic nitrogens is 7. The Bertz CT molecular complexity index is 687. The van der Waals surface area contributed by atoms with E-state index in [1.807, 2.05) is 6.92 Å². The number of nitrogens with zero attached hydrogens (tertiary/aromatic N) is 5. The minimum Gasteiger partial charge on any atom is -0.361 e. The summed E-state index contributed by atoms with van der Waals surface area (Å²) in [6.45, 7) is 2.27. The van der Waals surface area contributed by atoms with Crippen LogP contribution in [-0.4, -0.2) is 35.1 Å². The van der Waals surface area contributed by atoms with Gasteiger partial charge in [0.1, 0.15) is 11.3 Å². The average Bonchev–Trinajstić information content (AvgIpc) is 2.94. The summed E-state index contributed by atoms with van der Waals surface area (Å²) in [5, 5.41) is 10.0. The van der Waals surface area contributed by atoms with Gasteiger partial charge in [-0.05, 0) is 18.5 Å².